The van der Waals surface area contributed by atoms with Crippen molar-refractivity contribution in [1.82, 2.24) is 10.3 Å². The first kappa shape index (κ1) is 17.8. The number of hydrogen-bond acceptors (Lipinski definition) is 5. The predicted octanol–water partition coefficient (Wildman–Crippen LogP) is 1.68. The Morgan fingerprint density at radius 1 is 1.48 bits per heavy atom. The molecule has 0 spiro atoms. The van der Waals surface area contributed by atoms with Crippen molar-refractivity contribution in [2.45, 2.75) is 50.2 Å². The summed E-state index contributed by atoms with van der Waals surface area (Å²) < 4.78 is 5.90. The smallest absolute Gasteiger partial charge is 0.340 e. The number of carboxylic acid groups (broad SMARTS) is 1. The van der Waals surface area contributed by atoms with Gasteiger partial charge in [0.25, 0.3) is 0 Å². The number of piperidine rings is 1. The molecule has 1 aliphatic rings. The van der Waals surface area contributed by atoms with Crippen LogP contribution in [0.3, 0.4) is 0 Å². The van der Waals surface area contributed by atoms with Gasteiger partial charge in [-0.3, -0.25) is 4.98 Å². The van der Waals surface area contributed by atoms with Crippen LogP contribution in [-0.2, 0) is 15.1 Å². The van der Waals surface area contributed by atoms with Gasteiger partial charge in [0.2, 0.25) is 0 Å². The number of ether oxygens (including phenoxy) is 1. The first-order valence-electron chi connectivity index (χ1n) is 8.23. The molecule has 23 heavy (non-hydrogen) atoms. The molecule has 0 aliphatic carbocycles. The van der Waals surface area contributed by atoms with Crippen LogP contribution in [0.15, 0.2) is 24.5 Å². The van der Waals surface area contributed by atoms with Crippen LogP contribution in [0.5, 0.6) is 0 Å². The Morgan fingerprint density at radius 2 is 2.22 bits per heavy atom. The zero-order valence-corrected chi connectivity index (χ0v) is 13.6. The number of carboxylic acids is 1. The van der Waals surface area contributed by atoms with E-state index in [1.165, 1.54) is 6.20 Å². The number of hydrogen-bond donors (Lipinski definition) is 3. The fourth-order valence-corrected chi connectivity index (χ4v) is 2.91. The maximum absolute atomic E-state index is 12.1. The highest BCUT2D eigenvalue weighted by Crippen LogP contribution is 2.34. The van der Waals surface area contributed by atoms with Crippen LogP contribution in [0.1, 0.15) is 44.6 Å². The summed E-state index contributed by atoms with van der Waals surface area (Å²) in [5.74, 6) is -1.03. The second-order valence-corrected chi connectivity index (χ2v) is 6.24. The third-order valence-electron chi connectivity index (χ3n) is 4.48. The molecular weight excluding hydrogens is 296 g/mol. The van der Waals surface area contributed by atoms with Gasteiger partial charge in [0.05, 0.1) is 12.2 Å². The molecule has 2 heterocycles. The molecule has 1 aromatic rings. The summed E-state index contributed by atoms with van der Waals surface area (Å²) in [7, 11) is 0. The van der Waals surface area contributed by atoms with Gasteiger partial charge in [-0.15, -0.1) is 0 Å². The van der Waals surface area contributed by atoms with Gasteiger partial charge in [-0.05, 0) is 44.8 Å². The van der Waals surface area contributed by atoms with E-state index in [9.17, 15) is 15.0 Å². The third kappa shape index (κ3) is 4.28. The second kappa shape index (κ2) is 7.86. The first-order chi connectivity index (χ1) is 11.0. The standard InChI is InChI=1S/C17H26N2O4/c1-2-3-6-17(15(20)21,14-5-4-9-19-12-14)23-13-16(22)7-10-18-11-8-16/h4-5,9,12,18,22H,2-3,6-8,10-11,13H2,1H3,(H,20,21). The van der Waals surface area contributed by atoms with Gasteiger partial charge in [-0.25, -0.2) is 4.79 Å². The number of nitrogens with zero attached hydrogens (tertiary/aromatic N) is 1. The van der Waals surface area contributed by atoms with Crippen LogP contribution in [0.4, 0.5) is 0 Å². The number of aliphatic carboxylic acids is 1. The topological polar surface area (TPSA) is 91.7 Å². The summed E-state index contributed by atoms with van der Waals surface area (Å²) in [5.41, 5.74) is -1.90. The van der Waals surface area contributed by atoms with E-state index in [0.717, 1.165) is 12.8 Å². The Balaban J connectivity index is 2.23. The van der Waals surface area contributed by atoms with Crippen molar-refractivity contribution in [3.63, 3.8) is 0 Å². The Bertz CT molecular complexity index is 503. The van der Waals surface area contributed by atoms with E-state index in [0.29, 0.717) is 37.9 Å². The first-order valence-corrected chi connectivity index (χ1v) is 8.23. The molecule has 6 nitrogen and oxygen atoms in total. The molecule has 1 unspecified atom stereocenters. The van der Waals surface area contributed by atoms with Gasteiger partial charge in [0.15, 0.2) is 5.60 Å². The third-order valence-corrected chi connectivity index (χ3v) is 4.48. The van der Waals surface area contributed by atoms with Crippen LogP contribution in [0.25, 0.3) is 0 Å². The maximum atomic E-state index is 12.1. The summed E-state index contributed by atoms with van der Waals surface area (Å²) in [4.78, 5) is 16.1. The summed E-state index contributed by atoms with van der Waals surface area (Å²) in [5, 5.41) is 23.7. The van der Waals surface area contributed by atoms with E-state index in [2.05, 4.69) is 10.3 Å². The van der Waals surface area contributed by atoms with Crippen LogP contribution in [0.2, 0.25) is 0 Å². The maximum Gasteiger partial charge on any atom is 0.340 e. The Morgan fingerprint density at radius 3 is 2.78 bits per heavy atom. The highest BCUT2D eigenvalue weighted by molar-refractivity contribution is 5.79. The lowest BCUT2D eigenvalue weighted by Gasteiger charge is -2.37. The van der Waals surface area contributed by atoms with Gasteiger partial charge >= 0.3 is 5.97 Å². The normalized spacial score (nSPS) is 19.9. The lowest BCUT2D eigenvalue weighted by molar-refractivity contribution is -0.182. The molecule has 0 saturated carbocycles. The van der Waals surface area contributed by atoms with Crippen molar-refractivity contribution in [3.05, 3.63) is 30.1 Å². The minimum atomic E-state index is -1.45. The predicted molar refractivity (Wildman–Crippen MR) is 86.1 cm³/mol. The average molecular weight is 322 g/mol. The lowest BCUT2D eigenvalue weighted by Crippen LogP contribution is -2.49. The molecule has 0 bridgehead atoms. The quantitative estimate of drug-likeness (QED) is 0.674. The number of carbonyl (C=O) groups is 1. The molecule has 3 N–H and O–H groups in total. The number of pyridine rings is 1. The summed E-state index contributed by atoms with van der Waals surface area (Å²) >= 11 is 0. The molecule has 0 radical (unpaired) electrons. The fourth-order valence-electron chi connectivity index (χ4n) is 2.91. The van der Waals surface area contributed by atoms with Crippen molar-refractivity contribution in [2.75, 3.05) is 19.7 Å². The van der Waals surface area contributed by atoms with E-state index >= 15 is 0 Å². The average Bonchev–Trinajstić information content (AvgIpc) is 2.56. The molecule has 128 valence electrons. The van der Waals surface area contributed by atoms with Crippen LogP contribution in [-0.4, -0.2) is 46.5 Å². The Hall–Kier alpha value is -1.50. The van der Waals surface area contributed by atoms with Gasteiger partial charge in [-0.2, -0.15) is 0 Å². The van der Waals surface area contributed by atoms with E-state index in [-0.39, 0.29) is 6.61 Å². The van der Waals surface area contributed by atoms with Crippen molar-refractivity contribution in [1.29, 1.82) is 0 Å². The van der Waals surface area contributed by atoms with Crippen molar-refractivity contribution >= 4 is 5.97 Å². The highest BCUT2D eigenvalue weighted by Gasteiger charge is 2.44. The minimum Gasteiger partial charge on any atom is -0.479 e. The highest BCUT2D eigenvalue weighted by atomic mass is 16.5. The summed E-state index contributed by atoms with van der Waals surface area (Å²) in [6.07, 6.45) is 6.21. The largest absolute Gasteiger partial charge is 0.479 e. The minimum absolute atomic E-state index is 0.0135. The monoisotopic (exact) mass is 322 g/mol. The van der Waals surface area contributed by atoms with E-state index in [1.807, 2.05) is 6.92 Å². The SMILES string of the molecule is CCCCC(OCC1(O)CCNCC1)(C(=O)O)c1cccnc1. The van der Waals surface area contributed by atoms with Gasteiger partial charge in [-0.1, -0.05) is 19.4 Å². The lowest BCUT2D eigenvalue weighted by atomic mass is 9.88. The summed E-state index contributed by atoms with van der Waals surface area (Å²) in [6, 6.07) is 3.44. The zero-order chi connectivity index (χ0) is 16.8. The molecule has 1 saturated heterocycles. The Labute approximate surface area is 136 Å². The molecule has 0 amide bonds. The molecule has 1 aromatic heterocycles. The number of unbranched alkanes of at least 4 members (excludes halogenated alkanes) is 1. The van der Waals surface area contributed by atoms with E-state index < -0.39 is 17.2 Å². The zero-order valence-electron chi connectivity index (χ0n) is 13.6. The molecule has 1 aliphatic heterocycles. The fraction of sp³-hybridized carbons (Fsp3) is 0.647. The van der Waals surface area contributed by atoms with Crippen LogP contribution in [0, 0.1) is 0 Å². The molecule has 1 atom stereocenters. The number of nitrogens with one attached hydrogen (secondary N) is 1. The van der Waals surface area contributed by atoms with Gasteiger partial charge in [0, 0.05) is 18.0 Å². The van der Waals surface area contributed by atoms with Crippen LogP contribution >= 0.6 is 0 Å². The molecule has 6 heteroatoms. The molecular formula is C17H26N2O4. The van der Waals surface area contributed by atoms with Gasteiger partial charge < -0.3 is 20.3 Å². The van der Waals surface area contributed by atoms with Crippen molar-refractivity contribution in [2.24, 2.45) is 0 Å². The summed E-state index contributed by atoms with van der Waals surface area (Å²) in [6.45, 7) is 3.44. The van der Waals surface area contributed by atoms with Gasteiger partial charge in [0.1, 0.15) is 0 Å². The van der Waals surface area contributed by atoms with Crippen molar-refractivity contribution < 1.29 is 19.7 Å². The van der Waals surface area contributed by atoms with Crippen LogP contribution < -0.4 is 5.32 Å². The van der Waals surface area contributed by atoms with E-state index in [1.54, 1.807) is 18.3 Å². The second-order valence-electron chi connectivity index (χ2n) is 6.24. The molecule has 2 rings (SSSR count). The van der Waals surface area contributed by atoms with E-state index in [4.69, 9.17) is 4.74 Å². The number of aromatic nitrogens is 1. The molecule has 0 aromatic carbocycles. The Kier molecular flexibility index (Phi) is 6.10. The van der Waals surface area contributed by atoms with Crippen molar-refractivity contribution in [3.8, 4) is 0 Å². The number of rotatable bonds is 8. The number of aliphatic hydroxyl groups is 1. The molecule has 1 fully saturated rings.